The van der Waals surface area contributed by atoms with E-state index in [2.05, 4.69) is 47.1 Å². The van der Waals surface area contributed by atoms with Gasteiger partial charge in [-0.1, -0.05) is 24.3 Å². The molecular weight excluding hydrogens is 222 g/mol. The normalized spacial score (nSPS) is 17.6. The highest BCUT2D eigenvalue weighted by Crippen LogP contribution is 2.12. The van der Waals surface area contributed by atoms with Gasteiger partial charge in [0.25, 0.3) is 0 Å². The minimum absolute atomic E-state index is 0.651. The van der Waals surface area contributed by atoms with Crippen molar-refractivity contribution in [2.45, 2.75) is 19.9 Å². The lowest BCUT2D eigenvalue weighted by molar-refractivity contribution is 0.129. The Labute approximate surface area is 110 Å². The molecule has 1 heterocycles. The summed E-state index contributed by atoms with van der Waals surface area (Å²) >= 11 is 0. The van der Waals surface area contributed by atoms with Crippen LogP contribution in [0.15, 0.2) is 24.3 Å². The van der Waals surface area contributed by atoms with Crippen LogP contribution in [0, 0.1) is 18.3 Å². The van der Waals surface area contributed by atoms with Crippen molar-refractivity contribution in [2.75, 3.05) is 32.7 Å². The van der Waals surface area contributed by atoms with Gasteiger partial charge in [-0.2, -0.15) is 5.26 Å². The number of piperazine rings is 1. The first kappa shape index (κ1) is 13.1. The van der Waals surface area contributed by atoms with Crippen LogP contribution in [-0.4, -0.2) is 42.5 Å². The quantitative estimate of drug-likeness (QED) is 0.810. The zero-order valence-corrected chi connectivity index (χ0v) is 11.1. The molecule has 1 fully saturated rings. The van der Waals surface area contributed by atoms with Crippen molar-refractivity contribution in [1.29, 1.82) is 5.26 Å². The maximum atomic E-state index is 8.59. The van der Waals surface area contributed by atoms with Gasteiger partial charge in [-0.05, 0) is 18.1 Å². The third kappa shape index (κ3) is 3.56. The first-order valence-electron chi connectivity index (χ1n) is 6.66. The molecule has 0 radical (unpaired) electrons. The van der Waals surface area contributed by atoms with Crippen LogP contribution < -0.4 is 0 Å². The van der Waals surface area contributed by atoms with Crippen LogP contribution in [0.5, 0.6) is 0 Å². The molecule has 1 aromatic carbocycles. The van der Waals surface area contributed by atoms with Gasteiger partial charge in [0.1, 0.15) is 0 Å². The Hall–Kier alpha value is -1.37. The fourth-order valence-corrected chi connectivity index (χ4v) is 2.41. The van der Waals surface area contributed by atoms with E-state index < -0.39 is 0 Å². The highest BCUT2D eigenvalue weighted by atomic mass is 15.3. The molecule has 0 amide bonds. The Balaban J connectivity index is 1.80. The topological polar surface area (TPSA) is 30.3 Å². The maximum Gasteiger partial charge on any atom is 0.0635 e. The van der Waals surface area contributed by atoms with Gasteiger partial charge in [-0.15, -0.1) is 0 Å². The van der Waals surface area contributed by atoms with E-state index in [9.17, 15) is 0 Å². The molecule has 1 saturated heterocycles. The van der Waals surface area contributed by atoms with Crippen LogP contribution in [0.3, 0.4) is 0 Å². The second kappa shape index (κ2) is 6.53. The van der Waals surface area contributed by atoms with Crippen LogP contribution in [0.25, 0.3) is 0 Å². The SMILES string of the molecule is Cc1ccccc1CN1CCN(CCC#N)CC1. The fraction of sp³-hybridized carbons (Fsp3) is 0.533. The molecule has 1 aliphatic heterocycles. The van der Waals surface area contributed by atoms with Gasteiger partial charge in [-0.3, -0.25) is 9.80 Å². The number of benzene rings is 1. The summed E-state index contributed by atoms with van der Waals surface area (Å²) in [5, 5.41) is 8.59. The zero-order valence-electron chi connectivity index (χ0n) is 11.1. The molecule has 0 unspecified atom stereocenters. The molecule has 0 spiro atoms. The molecule has 18 heavy (non-hydrogen) atoms. The molecule has 2 rings (SSSR count). The van der Waals surface area contributed by atoms with E-state index in [4.69, 9.17) is 5.26 Å². The molecule has 0 N–H and O–H groups in total. The highest BCUT2D eigenvalue weighted by molar-refractivity contribution is 5.25. The Bertz CT molecular complexity index is 414. The van der Waals surface area contributed by atoms with Gasteiger partial charge in [0, 0.05) is 45.7 Å². The average molecular weight is 243 g/mol. The van der Waals surface area contributed by atoms with Gasteiger partial charge in [0.2, 0.25) is 0 Å². The predicted octanol–water partition coefficient (Wildman–Crippen LogP) is 2.03. The van der Waals surface area contributed by atoms with Gasteiger partial charge < -0.3 is 0 Å². The molecule has 0 atom stereocenters. The molecule has 0 bridgehead atoms. The molecule has 0 saturated carbocycles. The van der Waals surface area contributed by atoms with Crippen molar-refractivity contribution in [2.24, 2.45) is 0 Å². The fourth-order valence-electron chi connectivity index (χ4n) is 2.41. The average Bonchev–Trinajstić information content (AvgIpc) is 2.41. The monoisotopic (exact) mass is 243 g/mol. The lowest BCUT2D eigenvalue weighted by Crippen LogP contribution is -2.46. The zero-order chi connectivity index (χ0) is 12.8. The van der Waals surface area contributed by atoms with E-state index in [1.807, 2.05) is 0 Å². The van der Waals surface area contributed by atoms with E-state index in [1.54, 1.807) is 0 Å². The van der Waals surface area contributed by atoms with Gasteiger partial charge in [-0.25, -0.2) is 0 Å². The number of aryl methyl sites for hydroxylation is 1. The second-order valence-electron chi connectivity index (χ2n) is 4.95. The number of hydrogen-bond acceptors (Lipinski definition) is 3. The van der Waals surface area contributed by atoms with Crippen molar-refractivity contribution in [1.82, 2.24) is 9.80 Å². The van der Waals surface area contributed by atoms with Crippen molar-refractivity contribution in [3.05, 3.63) is 35.4 Å². The minimum atomic E-state index is 0.651. The summed E-state index contributed by atoms with van der Waals surface area (Å²) < 4.78 is 0. The van der Waals surface area contributed by atoms with Crippen molar-refractivity contribution < 1.29 is 0 Å². The van der Waals surface area contributed by atoms with Crippen LogP contribution in [0.1, 0.15) is 17.5 Å². The Morgan fingerprint density at radius 3 is 2.44 bits per heavy atom. The van der Waals surface area contributed by atoms with Crippen molar-refractivity contribution >= 4 is 0 Å². The van der Waals surface area contributed by atoms with E-state index in [0.717, 1.165) is 39.3 Å². The largest absolute Gasteiger partial charge is 0.300 e. The summed E-state index contributed by atoms with van der Waals surface area (Å²) in [6.07, 6.45) is 0.651. The third-order valence-corrected chi connectivity index (χ3v) is 3.66. The second-order valence-corrected chi connectivity index (χ2v) is 4.95. The van der Waals surface area contributed by atoms with Crippen LogP contribution >= 0.6 is 0 Å². The third-order valence-electron chi connectivity index (χ3n) is 3.66. The standard InChI is InChI=1S/C15H21N3/c1-14-5-2-3-6-15(14)13-18-11-9-17(10-12-18)8-4-7-16/h2-3,5-6H,4,8-13H2,1H3. The summed E-state index contributed by atoms with van der Waals surface area (Å²) in [6.45, 7) is 8.56. The van der Waals surface area contributed by atoms with E-state index >= 15 is 0 Å². The first-order chi connectivity index (χ1) is 8.79. The predicted molar refractivity (Wildman–Crippen MR) is 73.1 cm³/mol. The van der Waals surface area contributed by atoms with Gasteiger partial charge >= 0.3 is 0 Å². The molecule has 96 valence electrons. The minimum Gasteiger partial charge on any atom is -0.300 e. The summed E-state index contributed by atoms with van der Waals surface area (Å²) in [5.74, 6) is 0. The number of nitriles is 1. The summed E-state index contributed by atoms with van der Waals surface area (Å²) in [6, 6.07) is 10.8. The molecule has 0 aliphatic carbocycles. The van der Waals surface area contributed by atoms with Crippen LogP contribution in [-0.2, 0) is 6.54 Å². The molecule has 1 aliphatic rings. The number of rotatable bonds is 4. The summed E-state index contributed by atoms with van der Waals surface area (Å²) in [7, 11) is 0. The van der Waals surface area contributed by atoms with E-state index in [0.29, 0.717) is 6.42 Å². The smallest absolute Gasteiger partial charge is 0.0635 e. The van der Waals surface area contributed by atoms with E-state index in [1.165, 1.54) is 11.1 Å². The Kier molecular flexibility index (Phi) is 4.74. The lowest BCUT2D eigenvalue weighted by atomic mass is 10.1. The lowest BCUT2D eigenvalue weighted by Gasteiger charge is -2.34. The van der Waals surface area contributed by atoms with Gasteiger partial charge in [0.05, 0.1) is 6.07 Å². The van der Waals surface area contributed by atoms with Gasteiger partial charge in [0.15, 0.2) is 0 Å². The molecule has 0 aromatic heterocycles. The maximum absolute atomic E-state index is 8.59. The molecular formula is C15H21N3. The highest BCUT2D eigenvalue weighted by Gasteiger charge is 2.16. The summed E-state index contributed by atoms with van der Waals surface area (Å²) in [5.41, 5.74) is 2.81. The molecule has 3 heteroatoms. The Morgan fingerprint density at radius 1 is 1.11 bits per heavy atom. The van der Waals surface area contributed by atoms with Crippen LogP contribution in [0.4, 0.5) is 0 Å². The van der Waals surface area contributed by atoms with Crippen molar-refractivity contribution in [3.8, 4) is 6.07 Å². The van der Waals surface area contributed by atoms with Crippen LogP contribution in [0.2, 0.25) is 0 Å². The number of nitrogens with zero attached hydrogens (tertiary/aromatic N) is 3. The molecule has 1 aromatic rings. The number of hydrogen-bond donors (Lipinski definition) is 0. The van der Waals surface area contributed by atoms with Crippen molar-refractivity contribution in [3.63, 3.8) is 0 Å². The molecule has 3 nitrogen and oxygen atoms in total. The summed E-state index contributed by atoms with van der Waals surface area (Å²) in [4.78, 5) is 4.89. The first-order valence-corrected chi connectivity index (χ1v) is 6.66. The Morgan fingerprint density at radius 2 is 1.78 bits per heavy atom. The van der Waals surface area contributed by atoms with E-state index in [-0.39, 0.29) is 0 Å².